The van der Waals surface area contributed by atoms with Crippen molar-refractivity contribution in [2.24, 2.45) is 0 Å². The van der Waals surface area contributed by atoms with Gasteiger partial charge in [0.25, 0.3) is 5.91 Å². The Labute approximate surface area is 168 Å². The molecule has 28 heavy (non-hydrogen) atoms. The van der Waals surface area contributed by atoms with Gasteiger partial charge in [-0.15, -0.1) is 0 Å². The molecule has 3 rings (SSSR count). The van der Waals surface area contributed by atoms with Crippen LogP contribution in [0.1, 0.15) is 6.92 Å². The lowest BCUT2D eigenvalue weighted by molar-refractivity contribution is -0.129. The number of amides is 2. The van der Waals surface area contributed by atoms with Crippen molar-refractivity contribution in [3.63, 3.8) is 0 Å². The second kappa shape index (κ2) is 8.35. The first-order valence-corrected chi connectivity index (χ1v) is 9.23. The lowest BCUT2D eigenvalue weighted by Crippen LogP contribution is -2.30. The SMILES string of the molecule is CC(Oc1cccc(Cl)c1)C(=O)Nc1ccc2c(ccn2CC(=O)N(C)C)c1. The van der Waals surface area contributed by atoms with E-state index in [1.807, 2.05) is 35.0 Å². The molecule has 0 aliphatic rings. The van der Waals surface area contributed by atoms with Gasteiger partial charge in [0.1, 0.15) is 12.3 Å². The Morgan fingerprint density at radius 1 is 1.18 bits per heavy atom. The predicted octanol–water partition coefficient (Wildman–Crippen LogP) is 3.79. The fourth-order valence-corrected chi connectivity index (χ4v) is 2.93. The monoisotopic (exact) mass is 399 g/mol. The van der Waals surface area contributed by atoms with Crippen molar-refractivity contribution in [1.82, 2.24) is 9.47 Å². The molecule has 1 unspecified atom stereocenters. The van der Waals surface area contributed by atoms with Gasteiger partial charge >= 0.3 is 0 Å². The molecule has 1 atom stereocenters. The summed E-state index contributed by atoms with van der Waals surface area (Å²) in [7, 11) is 3.46. The standard InChI is InChI=1S/C21H22ClN3O3/c1-14(28-18-6-4-5-16(22)12-18)21(27)23-17-7-8-19-15(11-17)9-10-25(19)13-20(26)24(2)3/h4-12,14H,13H2,1-3H3,(H,23,27). The molecule has 0 fully saturated rings. The van der Waals surface area contributed by atoms with Gasteiger partial charge < -0.3 is 19.5 Å². The molecule has 1 aromatic heterocycles. The molecule has 0 aliphatic heterocycles. The summed E-state index contributed by atoms with van der Waals surface area (Å²) >= 11 is 5.94. The van der Waals surface area contributed by atoms with Crippen molar-refractivity contribution < 1.29 is 14.3 Å². The minimum absolute atomic E-state index is 0.0156. The van der Waals surface area contributed by atoms with Gasteiger partial charge in [-0.1, -0.05) is 17.7 Å². The van der Waals surface area contributed by atoms with E-state index in [1.54, 1.807) is 50.2 Å². The van der Waals surface area contributed by atoms with Crippen LogP contribution in [0, 0.1) is 0 Å². The Balaban J connectivity index is 1.68. The van der Waals surface area contributed by atoms with Gasteiger partial charge in [-0.25, -0.2) is 0 Å². The third kappa shape index (κ3) is 4.64. The molecule has 0 spiro atoms. The van der Waals surface area contributed by atoms with Crippen molar-refractivity contribution in [3.8, 4) is 5.75 Å². The number of halogens is 1. The number of rotatable bonds is 6. The molecular formula is C21H22ClN3O3. The molecule has 7 heteroatoms. The average Bonchev–Trinajstić information content (AvgIpc) is 3.03. The smallest absolute Gasteiger partial charge is 0.265 e. The fourth-order valence-electron chi connectivity index (χ4n) is 2.74. The van der Waals surface area contributed by atoms with Crippen LogP contribution in [-0.2, 0) is 16.1 Å². The summed E-state index contributed by atoms with van der Waals surface area (Å²) in [5.41, 5.74) is 1.59. The van der Waals surface area contributed by atoms with E-state index in [0.717, 1.165) is 10.9 Å². The molecule has 2 amide bonds. The highest BCUT2D eigenvalue weighted by molar-refractivity contribution is 6.30. The second-order valence-electron chi connectivity index (χ2n) is 6.71. The van der Waals surface area contributed by atoms with Gasteiger partial charge in [-0.05, 0) is 49.4 Å². The number of ether oxygens (including phenoxy) is 1. The zero-order chi connectivity index (χ0) is 20.3. The topological polar surface area (TPSA) is 63.6 Å². The number of hydrogen-bond donors (Lipinski definition) is 1. The molecule has 6 nitrogen and oxygen atoms in total. The maximum atomic E-state index is 12.4. The lowest BCUT2D eigenvalue weighted by atomic mass is 10.2. The van der Waals surface area contributed by atoms with E-state index in [2.05, 4.69) is 5.32 Å². The molecule has 0 aliphatic carbocycles. The van der Waals surface area contributed by atoms with Gasteiger partial charge in [0, 0.05) is 41.9 Å². The van der Waals surface area contributed by atoms with Crippen LogP contribution in [0.4, 0.5) is 5.69 Å². The number of hydrogen-bond acceptors (Lipinski definition) is 3. The minimum Gasteiger partial charge on any atom is -0.481 e. The zero-order valence-corrected chi connectivity index (χ0v) is 16.7. The van der Waals surface area contributed by atoms with Crippen LogP contribution < -0.4 is 10.1 Å². The number of fused-ring (bicyclic) bond motifs is 1. The Kier molecular flexibility index (Phi) is 5.90. The van der Waals surface area contributed by atoms with E-state index >= 15 is 0 Å². The number of likely N-dealkylation sites (N-methyl/N-ethyl adjacent to an activating group) is 1. The summed E-state index contributed by atoms with van der Waals surface area (Å²) in [5, 5.41) is 4.34. The highest BCUT2D eigenvalue weighted by Crippen LogP contribution is 2.22. The first-order chi connectivity index (χ1) is 13.3. The minimum atomic E-state index is -0.684. The third-order valence-electron chi connectivity index (χ3n) is 4.32. The normalized spacial score (nSPS) is 11.9. The molecule has 0 saturated carbocycles. The second-order valence-corrected chi connectivity index (χ2v) is 7.15. The number of carbonyl (C=O) groups excluding carboxylic acids is 2. The van der Waals surface area contributed by atoms with Crippen LogP contribution in [0.25, 0.3) is 10.9 Å². The number of anilines is 1. The highest BCUT2D eigenvalue weighted by Gasteiger charge is 2.16. The lowest BCUT2D eigenvalue weighted by Gasteiger charge is -2.15. The largest absolute Gasteiger partial charge is 0.481 e. The van der Waals surface area contributed by atoms with Gasteiger partial charge in [0.15, 0.2) is 6.10 Å². The molecule has 1 N–H and O–H groups in total. The number of nitrogens with zero attached hydrogens (tertiary/aromatic N) is 2. The van der Waals surface area contributed by atoms with E-state index in [9.17, 15) is 9.59 Å². The van der Waals surface area contributed by atoms with Gasteiger partial charge in [-0.2, -0.15) is 0 Å². The van der Waals surface area contributed by atoms with E-state index in [4.69, 9.17) is 16.3 Å². The Bertz CT molecular complexity index is 1010. The Hall–Kier alpha value is -2.99. The number of aromatic nitrogens is 1. The molecule has 0 bridgehead atoms. The van der Waals surface area contributed by atoms with Crippen LogP contribution in [0.2, 0.25) is 5.02 Å². The maximum absolute atomic E-state index is 12.4. The third-order valence-corrected chi connectivity index (χ3v) is 4.56. The number of carbonyl (C=O) groups is 2. The van der Waals surface area contributed by atoms with E-state index < -0.39 is 6.10 Å². The van der Waals surface area contributed by atoms with Gasteiger partial charge in [0.05, 0.1) is 0 Å². The molecular weight excluding hydrogens is 378 g/mol. The van der Waals surface area contributed by atoms with Gasteiger partial charge in [-0.3, -0.25) is 9.59 Å². The van der Waals surface area contributed by atoms with Crippen molar-refractivity contribution >= 4 is 40.0 Å². The molecule has 1 heterocycles. The first kappa shape index (κ1) is 19.8. The predicted molar refractivity (Wildman–Crippen MR) is 111 cm³/mol. The van der Waals surface area contributed by atoms with Crippen LogP contribution in [0.15, 0.2) is 54.7 Å². The first-order valence-electron chi connectivity index (χ1n) is 8.85. The maximum Gasteiger partial charge on any atom is 0.265 e. The molecule has 146 valence electrons. The highest BCUT2D eigenvalue weighted by atomic mass is 35.5. The average molecular weight is 400 g/mol. The summed E-state index contributed by atoms with van der Waals surface area (Å²) in [6.45, 7) is 1.95. The Morgan fingerprint density at radius 3 is 2.68 bits per heavy atom. The van der Waals surface area contributed by atoms with Crippen LogP contribution in [0.5, 0.6) is 5.75 Å². The quantitative estimate of drug-likeness (QED) is 0.685. The molecule has 0 radical (unpaired) electrons. The molecule has 0 saturated heterocycles. The molecule has 2 aromatic carbocycles. The van der Waals surface area contributed by atoms with E-state index in [0.29, 0.717) is 16.5 Å². The van der Waals surface area contributed by atoms with Crippen LogP contribution in [-0.4, -0.2) is 41.5 Å². The van der Waals surface area contributed by atoms with Crippen molar-refractivity contribution in [1.29, 1.82) is 0 Å². The zero-order valence-electron chi connectivity index (χ0n) is 16.0. The summed E-state index contributed by atoms with van der Waals surface area (Å²) in [6.07, 6.45) is 1.18. The summed E-state index contributed by atoms with van der Waals surface area (Å²) < 4.78 is 7.53. The number of nitrogens with one attached hydrogen (secondary N) is 1. The van der Waals surface area contributed by atoms with Crippen LogP contribution >= 0.6 is 11.6 Å². The fraction of sp³-hybridized carbons (Fsp3) is 0.238. The van der Waals surface area contributed by atoms with E-state index in [-0.39, 0.29) is 18.4 Å². The Morgan fingerprint density at radius 2 is 1.96 bits per heavy atom. The van der Waals surface area contributed by atoms with Crippen molar-refractivity contribution in [2.45, 2.75) is 19.6 Å². The van der Waals surface area contributed by atoms with E-state index in [1.165, 1.54) is 0 Å². The summed E-state index contributed by atoms with van der Waals surface area (Å²) in [6, 6.07) is 14.4. The number of benzene rings is 2. The van der Waals surface area contributed by atoms with Gasteiger partial charge in [0.2, 0.25) is 5.91 Å². The summed E-state index contributed by atoms with van der Waals surface area (Å²) in [5.74, 6) is 0.289. The molecule has 3 aromatic rings. The van der Waals surface area contributed by atoms with Crippen molar-refractivity contribution in [3.05, 3.63) is 59.8 Å². The summed E-state index contributed by atoms with van der Waals surface area (Å²) in [4.78, 5) is 25.9. The van der Waals surface area contributed by atoms with Crippen molar-refractivity contribution in [2.75, 3.05) is 19.4 Å². The van der Waals surface area contributed by atoms with Crippen LogP contribution in [0.3, 0.4) is 0 Å².